The van der Waals surface area contributed by atoms with Gasteiger partial charge in [-0.15, -0.1) is 0 Å². The number of carbonyl (C=O) groups is 1. The molecule has 0 bridgehead atoms. The fourth-order valence-electron chi connectivity index (χ4n) is 4.56. The largest absolute Gasteiger partial charge is 0.387 e. The van der Waals surface area contributed by atoms with Gasteiger partial charge in [0.1, 0.15) is 12.2 Å². The second-order valence-electron chi connectivity index (χ2n) is 8.53. The summed E-state index contributed by atoms with van der Waals surface area (Å²) in [6, 6.07) is 15.3. The number of fused-ring (bicyclic) bond motifs is 2. The van der Waals surface area contributed by atoms with Crippen molar-refractivity contribution < 1.29 is 19.0 Å². The lowest BCUT2D eigenvalue weighted by molar-refractivity contribution is -0.122. The van der Waals surface area contributed by atoms with Crippen molar-refractivity contribution in [1.29, 1.82) is 0 Å². The third-order valence-corrected chi connectivity index (χ3v) is 7.59. The molecule has 3 aromatic rings. The highest BCUT2D eigenvalue weighted by atomic mass is 32.2. The predicted molar refractivity (Wildman–Crippen MR) is 127 cm³/mol. The van der Waals surface area contributed by atoms with E-state index < -0.39 is 41.8 Å². The van der Waals surface area contributed by atoms with Crippen LogP contribution in [0.15, 0.2) is 74.1 Å². The minimum atomic E-state index is -1.92. The first-order valence-corrected chi connectivity index (χ1v) is 12.2. The molecule has 2 aliphatic heterocycles. The van der Waals surface area contributed by atoms with Gasteiger partial charge >= 0.3 is 5.69 Å². The molecule has 0 radical (unpaired) electrons. The smallest absolute Gasteiger partial charge is 0.330 e. The van der Waals surface area contributed by atoms with E-state index in [1.165, 1.54) is 6.20 Å². The van der Waals surface area contributed by atoms with Crippen LogP contribution in [0.3, 0.4) is 0 Å². The Morgan fingerprint density at radius 1 is 1.14 bits per heavy atom. The molecule has 1 fully saturated rings. The Morgan fingerprint density at radius 2 is 1.77 bits per heavy atom. The zero-order chi connectivity index (χ0) is 24.7. The molecule has 2 aliphatic rings. The predicted octanol–water partition coefficient (Wildman–Crippen LogP) is 2.11. The van der Waals surface area contributed by atoms with E-state index in [9.17, 15) is 23.9 Å². The van der Waals surface area contributed by atoms with Gasteiger partial charge in [-0.3, -0.25) is 19.1 Å². The fraction of sp³-hybridized carbons (Fsp3) is 0.320. The highest BCUT2D eigenvalue weighted by Gasteiger charge is 2.46. The minimum Gasteiger partial charge on any atom is -0.387 e. The molecule has 3 N–H and O–H groups in total. The quantitative estimate of drug-likeness (QED) is 0.498. The standard InChI is InChI=1S/C25H24FN3O5S/c1-2-13-12-29(25(33)28-22(13)31)24-20(26)21(30)16(34-24)11-27-23(32)19-14-7-3-5-9-17(14)35-18-10-6-4-8-15(18)19/h3-10,12,16,19-21,24,30H,2,11H2,1H3,(H,27,32)(H,28,31,33)/t16-,20+,21-,24-/m0/s1. The number of amides is 1. The van der Waals surface area contributed by atoms with Gasteiger partial charge in [0.25, 0.3) is 5.56 Å². The van der Waals surface area contributed by atoms with Gasteiger partial charge in [-0.1, -0.05) is 55.1 Å². The number of aliphatic hydroxyl groups is 1. The number of aliphatic hydroxyl groups excluding tert-OH is 1. The summed E-state index contributed by atoms with van der Waals surface area (Å²) in [6.07, 6.45) is -4.40. The van der Waals surface area contributed by atoms with Crippen LogP contribution in [-0.4, -0.2) is 45.5 Å². The number of aromatic amines is 1. The molecule has 1 amide bonds. The molecule has 5 rings (SSSR count). The first-order chi connectivity index (χ1) is 16.9. The molecule has 1 aromatic heterocycles. The third kappa shape index (κ3) is 4.22. The van der Waals surface area contributed by atoms with Crippen molar-refractivity contribution in [1.82, 2.24) is 14.9 Å². The summed E-state index contributed by atoms with van der Waals surface area (Å²) in [5.74, 6) is -0.859. The van der Waals surface area contributed by atoms with Crippen LogP contribution in [0.2, 0.25) is 0 Å². The van der Waals surface area contributed by atoms with Crippen molar-refractivity contribution in [3.63, 3.8) is 0 Å². The van der Waals surface area contributed by atoms with Crippen LogP contribution in [0.25, 0.3) is 0 Å². The van der Waals surface area contributed by atoms with Crippen molar-refractivity contribution >= 4 is 17.7 Å². The van der Waals surface area contributed by atoms with Crippen LogP contribution in [-0.2, 0) is 16.0 Å². The van der Waals surface area contributed by atoms with Gasteiger partial charge < -0.3 is 15.2 Å². The van der Waals surface area contributed by atoms with Crippen LogP contribution in [0, 0.1) is 0 Å². The second kappa shape index (κ2) is 9.44. The van der Waals surface area contributed by atoms with Crippen molar-refractivity contribution in [2.75, 3.05) is 6.54 Å². The summed E-state index contributed by atoms with van der Waals surface area (Å²) in [4.78, 5) is 41.6. The molecule has 0 spiro atoms. The Labute approximate surface area is 204 Å². The summed E-state index contributed by atoms with van der Waals surface area (Å²) in [6.45, 7) is 1.58. The number of benzene rings is 2. The SMILES string of the molecule is CCc1cn([C@H]2O[C@@H](CNC(=O)C3c4ccccc4Sc4ccccc43)[C@H](O)[C@H]2F)c(=O)[nH]c1=O. The Kier molecular flexibility index (Phi) is 6.35. The second-order valence-corrected chi connectivity index (χ2v) is 9.61. The average molecular weight is 498 g/mol. The van der Waals surface area contributed by atoms with Gasteiger partial charge in [0.2, 0.25) is 5.91 Å². The van der Waals surface area contributed by atoms with E-state index in [2.05, 4.69) is 10.3 Å². The van der Waals surface area contributed by atoms with Crippen LogP contribution in [0.5, 0.6) is 0 Å². The molecular weight excluding hydrogens is 473 g/mol. The summed E-state index contributed by atoms with van der Waals surface area (Å²) < 4.78 is 21.6. The first kappa shape index (κ1) is 23.5. The Balaban J connectivity index is 1.35. The zero-order valence-electron chi connectivity index (χ0n) is 18.8. The van der Waals surface area contributed by atoms with Crippen molar-refractivity contribution in [3.05, 3.63) is 92.3 Å². The van der Waals surface area contributed by atoms with E-state index in [-0.39, 0.29) is 12.5 Å². The van der Waals surface area contributed by atoms with E-state index in [1.807, 2.05) is 48.5 Å². The zero-order valence-corrected chi connectivity index (χ0v) is 19.6. The topological polar surface area (TPSA) is 113 Å². The molecular formula is C25H24FN3O5S. The minimum absolute atomic E-state index is 0.149. The molecule has 35 heavy (non-hydrogen) atoms. The monoisotopic (exact) mass is 497 g/mol. The van der Waals surface area contributed by atoms with Crippen LogP contribution in [0.4, 0.5) is 4.39 Å². The molecule has 0 saturated carbocycles. The number of H-pyrrole nitrogens is 1. The summed E-state index contributed by atoms with van der Waals surface area (Å²) in [7, 11) is 0. The summed E-state index contributed by atoms with van der Waals surface area (Å²) in [5.41, 5.74) is 0.658. The van der Waals surface area contributed by atoms with E-state index in [0.717, 1.165) is 25.5 Å². The molecule has 0 aliphatic carbocycles. The third-order valence-electron chi connectivity index (χ3n) is 6.41. The Bertz CT molecular complexity index is 1340. The van der Waals surface area contributed by atoms with Crippen molar-refractivity contribution in [3.8, 4) is 0 Å². The maximum Gasteiger partial charge on any atom is 0.330 e. The highest BCUT2D eigenvalue weighted by molar-refractivity contribution is 7.99. The lowest BCUT2D eigenvalue weighted by Gasteiger charge is -2.27. The molecule has 2 aromatic carbocycles. The number of alkyl halides is 1. The van der Waals surface area contributed by atoms with Gasteiger partial charge in [0.15, 0.2) is 12.4 Å². The molecule has 8 nitrogen and oxygen atoms in total. The van der Waals surface area contributed by atoms with E-state index in [1.54, 1.807) is 18.7 Å². The molecule has 0 unspecified atom stereocenters. The molecule has 1 saturated heterocycles. The number of hydrogen-bond donors (Lipinski definition) is 3. The number of ether oxygens (including phenoxy) is 1. The normalized spacial score (nSPS) is 23.5. The van der Waals surface area contributed by atoms with Gasteiger partial charge in [-0.2, -0.15) is 0 Å². The maximum absolute atomic E-state index is 15.0. The fourth-order valence-corrected chi connectivity index (χ4v) is 5.70. The Morgan fingerprint density at radius 3 is 2.40 bits per heavy atom. The van der Waals surface area contributed by atoms with E-state index in [0.29, 0.717) is 12.0 Å². The van der Waals surface area contributed by atoms with Crippen LogP contribution < -0.4 is 16.6 Å². The van der Waals surface area contributed by atoms with Gasteiger partial charge in [-0.25, -0.2) is 9.18 Å². The number of halogens is 1. The first-order valence-electron chi connectivity index (χ1n) is 11.3. The van der Waals surface area contributed by atoms with Gasteiger partial charge in [0, 0.05) is 28.1 Å². The number of nitrogens with zero attached hydrogens (tertiary/aromatic N) is 1. The van der Waals surface area contributed by atoms with E-state index >= 15 is 0 Å². The molecule has 4 atom stereocenters. The van der Waals surface area contributed by atoms with Crippen LogP contribution >= 0.6 is 11.8 Å². The number of hydrogen-bond acceptors (Lipinski definition) is 6. The molecule has 182 valence electrons. The number of aryl methyl sites for hydroxylation is 1. The van der Waals surface area contributed by atoms with Crippen molar-refractivity contribution in [2.45, 2.75) is 53.7 Å². The lowest BCUT2D eigenvalue weighted by Crippen LogP contribution is -2.41. The number of aromatic nitrogens is 2. The highest BCUT2D eigenvalue weighted by Crippen LogP contribution is 2.45. The number of nitrogens with one attached hydrogen (secondary N) is 2. The average Bonchev–Trinajstić information content (AvgIpc) is 3.14. The number of carbonyl (C=O) groups excluding carboxylic acids is 1. The molecule has 10 heteroatoms. The number of rotatable bonds is 5. The summed E-state index contributed by atoms with van der Waals surface area (Å²) >= 11 is 1.60. The van der Waals surface area contributed by atoms with Gasteiger partial charge in [-0.05, 0) is 29.7 Å². The Hall–Kier alpha value is -3.21. The lowest BCUT2D eigenvalue weighted by atomic mass is 9.89. The van der Waals surface area contributed by atoms with Crippen LogP contribution in [0.1, 0.15) is 35.8 Å². The summed E-state index contributed by atoms with van der Waals surface area (Å²) in [5, 5.41) is 13.3. The van der Waals surface area contributed by atoms with Crippen molar-refractivity contribution in [2.24, 2.45) is 0 Å². The maximum atomic E-state index is 15.0. The molecule has 3 heterocycles. The van der Waals surface area contributed by atoms with E-state index in [4.69, 9.17) is 4.74 Å². The van der Waals surface area contributed by atoms with Gasteiger partial charge in [0.05, 0.1) is 5.92 Å².